The predicted octanol–water partition coefficient (Wildman–Crippen LogP) is 4.88. The fraction of sp³-hybridized carbons (Fsp3) is 0. The van der Waals surface area contributed by atoms with Crippen molar-refractivity contribution in [3.63, 3.8) is 0 Å². The van der Waals surface area contributed by atoms with Gasteiger partial charge in [-0.05, 0) is 48.5 Å². The molecule has 0 aliphatic rings. The molecule has 1 heterocycles. The first-order valence-corrected chi connectivity index (χ1v) is 9.65. The number of anilines is 2. The Bertz CT molecular complexity index is 1400. The minimum Gasteiger partial charge on any atom is -0.508 e. The van der Waals surface area contributed by atoms with Gasteiger partial charge in [0.15, 0.2) is 0 Å². The third-order valence-corrected chi connectivity index (χ3v) is 4.68. The minimum absolute atomic E-state index is 0.00772. The summed E-state index contributed by atoms with van der Waals surface area (Å²) in [5.41, 5.74) is 3.82. The first-order valence-electron chi connectivity index (χ1n) is 9.27. The number of phenols is 1. The van der Waals surface area contributed by atoms with E-state index in [0.717, 1.165) is 0 Å². The van der Waals surface area contributed by atoms with Crippen LogP contribution in [0.1, 0.15) is 10.4 Å². The lowest BCUT2D eigenvalue weighted by Crippen LogP contribution is -2.22. The Morgan fingerprint density at radius 1 is 1.03 bits per heavy atom. The summed E-state index contributed by atoms with van der Waals surface area (Å²) < 4.78 is 5.76. The van der Waals surface area contributed by atoms with E-state index in [0.29, 0.717) is 21.7 Å². The van der Waals surface area contributed by atoms with Crippen LogP contribution < -0.4 is 16.3 Å². The normalized spacial score (nSPS) is 11.3. The van der Waals surface area contributed by atoms with E-state index in [1.54, 1.807) is 36.4 Å². The molecule has 3 aromatic carbocycles. The minimum atomic E-state index is -0.583. The summed E-state index contributed by atoms with van der Waals surface area (Å²) in [6.07, 6.45) is 0. The van der Waals surface area contributed by atoms with Gasteiger partial charge in [0.05, 0.1) is 10.6 Å². The maximum atomic E-state index is 13.0. The van der Waals surface area contributed by atoms with E-state index in [1.165, 1.54) is 36.4 Å². The summed E-state index contributed by atoms with van der Waals surface area (Å²) in [6.45, 7) is 0. The molecule has 1 amide bonds. The zero-order valence-corrected chi connectivity index (χ0v) is 17.0. The number of nitrogens with one attached hydrogen (secondary N) is 2. The molecule has 4 rings (SSSR count). The third-order valence-electron chi connectivity index (χ3n) is 4.42. The number of fused-ring (bicyclic) bond motifs is 1. The van der Waals surface area contributed by atoms with Crippen molar-refractivity contribution in [2.45, 2.75) is 0 Å². The Labute approximate surface area is 185 Å². The summed E-state index contributed by atoms with van der Waals surface area (Å²) in [7, 11) is 0. The van der Waals surface area contributed by atoms with E-state index < -0.39 is 10.8 Å². The van der Waals surface area contributed by atoms with Gasteiger partial charge >= 0.3 is 0 Å². The molecule has 0 aliphatic carbocycles. The van der Waals surface area contributed by atoms with Crippen molar-refractivity contribution in [1.29, 1.82) is 0 Å². The molecule has 0 aliphatic heterocycles. The first-order chi connectivity index (χ1) is 15.4. The van der Waals surface area contributed by atoms with E-state index >= 15 is 0 Å². The van der Waals surface area contributed by atoms with Gasteiger partial charge in [-0.25, -0.2) is 0 Å². The molecule has 1 aromatic heterocycles. The number of nitrogens with zero attached hydrogens (tertiary/aromatic N) is 2. The molecular formula is C22H15ClN4O5. The molecule has 0 saturated carbocycles. The van der Waals surface area contributed by atoms with Crippen molar-refractivity contribution in [3.8, 4) is 5.75 Å². The molecule has 160 valence electrons. The topological polar surface area (TPSA) is 130 Å². The van der Waals surface area contributed by atoms with Crippen LogP contribution in [-0.4, -0.2) is 15.9 Å². The summed E-state index contributed by atoms with van der Waals surface area (Å²) >= 11 is 5.89. The van der Waals surface area contributed by atoms with Crippen LogP contribution in [0.5, 0.6) is 5.75 Å². The number of nitro groups is 1. The first kappa shape index (κ1) is 20.9. The van der Waals surface area contributed by atoms with Gasteiger partial charge in [-0.15, -0.1) is 5.10 Å². The highest BCUT2D eigenvalue weighted by atomic mass is 35.5. The maximum Gasteiger partial charge on any atom is 0.271 e. The number of amides is 1. The quantitative estimate of drug-likeness (QED) is 0.293. The number of aromatic hydroxyl groups is 1. The van der Waals surface area contributed by atoms with E-state index in [9.17, 15) is 20.0 Å². The largest absolute Gasteiger partial charge is 0.508 e. The molecule has 0 spiro atoms. The van der Waals surface area contributed by atoms with Gasteiger partial charge in [-0.2, -0.15) is 0 Å². The van der Waals surface area contributed by atoms with Crippen molar-refractivity contribution in [2.75, 3.05) is 10.7 Å². The second kappa shape index (κ2) is 8.78. The van der Waals surface area contributed by atoms with E-state index in [4.69, 9.17) is 16.0 Å². The number of carbonyl (C=O) groups is 1. The van der Waals surface area contributed by atoms with Crippen LogP contribution in [0.3, 0.4) is 0 Å². The Balaban J connectivity index is 1.75. The lowest BCUT2D eigenvalue weighted by molar-refractivity contribution is -0.384. The fourth-order valence-electron chi connectivity index (χ4n) is 2.89. The molecule has 0 bridgehead atoms. The molecule has 9 nitrogen and oxygen atoms in total. The van der Waals surface area contributed by atoms with Gasteiger partial charge in [0.2, 0.25) is 5.55 Å². The second-order valence-corrected chi connectivity index (χ2v) is 7.12. The van der Waals surface area contributed by atoms with Crippen molar-refractivity contribution in [3.05, 3.63) is 99.1 Å². The van der Waals surface area contributed by atoms with Gasteiger partial charge in [0.25, 0.3) is 11.6 Å². The van der Waals surface area contributed by atoms with Gasteiger partial charge in [0.1, 0.15) is 16.9 Å². The zero-order valence-electron chi connectivity index (χ0n) is 16.3. The molecule has 3 N–H and O–H groups in total. The molecule has 4 aromatic rings. The van der Waals surface area contributed by atoms with Crippen molar-refractivity contribution in [2.24, 2.45) is 5.10 Å². The summed E-state index contributed by atoms with van der Waals surface area (Å²) in [4.78, 5) is 23.4. The van der Waals surface area contributed by atoms with Crippen LogP contribution >= 0.6 is 11.6 Å². The van der Waals surface area contributed by atoms with Crippen LogP contribution in [0, 0.1) is 10.1 Å². The molecule has 0 unspecified atom stereocenters. The fourth-order valence-corrected chi connectivity index (χ4v) is 3.01. The highest BCUT2D eigenvalue weighted by Gasteiger charge is 2.15. The van der Waals surface area contributed by atoms with Crippen molar-refractivity contribution < 1.29 is 19.2 Å². The Morgan fingerprint density at radius 3 is 2.56 bits per heavy atom. The Morgan fingerprint density at radius 2 is 1.81 bits per heavy atom. The smallest absolute Gasteiger partial charge is 0.271 e. The highest BCUT2D eigenvalue weighted by molar-refractivity contribution is 6.30. The lowest BCUT2D eigenvalue weighted by Gasteiger charge is -2.08. The predicted molar refractivity (Wildman–Crippen MR) is 120 cm³/mol. The van der Waals surface area contributed by atoms with Crippen molar-refractivity contribution in [1.82, 2.24) is 0 Å². The Kier molecular flexibility index (Phi) is 5.73. The van der Waals surface area contributed by atoms with Gasteiger partial charge in [-0.3, -0.25) is 20.3 Å². The van der Waals surface area contributed by atoms with Crippen LogP contribution in [0.2, 0.25) is 5.02 Å². The van der Waals surface area contributed by atoms with Gasteiger partial charge in [-0.1, -0.05) is 17.7 Å². The molecule has 0 radical (unpaired) electrons. The zero-order chi connectivity index (χ0) is 22.7. The molecule has 10 heteroatoms. The number of nitro benzene ring substituents is 1. The number of non-ortho nitro benzene ring substituents is 1. The number of phenolic OH excluding ortho intramolecular Hbond substituents is 1. The lowest BCUT2D eigenvalue weighted by atomic mass is 10.1. The summed E-state index contributed by atoms with van der Waals surface area (Å²) in [5, 5.41) is 28.7. The monoisotopic (exact) mass is 450 g/mol. The van der Waals surface area contributed by atoms with E-state index in [1.807, 2.05) is 0 Å². The number of hydrogen-bond donors (Lipinski definition) is 3. The second-order valence-electron chi connectivity index (χ2n) is 6.68. The van der Waals surface area contributed by atoms with Crippen LogP contribution in [0.15, 0.2) is 82.3 Å². The molecule has 0 atom stereocenters. The van der Waals surface area contributed by atoms with Gasteiger partial charge < -0.3 is 14.8 Å². The molecule has 0 saturated heterocycles. The number of halogens is 1. The SMILES string of the molecule is O=C(Nc1cccc([N+](=O)[O-])c1)c1cc2ccc(O)cc2o/c1=N/Nc1ccc(Cl)cc1. The number of rotatable bonds is 5. The number of benzene rings is 3. The molecular weight excluding hydrogens is 436 g/mol. The summed E-state index contributed by atoms with van der Waals surface area (Å²) in [6, 6.07) is 18.3. The average Bonchev–Trinajstić information content (AvgIpc) is 2.78. The molecule has 32 heavy (non-hydrogen) atoms. The van der Waals surface area contributed by atoms with E-state index in [2.05, 4.69) is 15.8 Å². The highest BCUT2D eigenvalue weighted by Crippen LogP contribution is 2.21. The summed E-state index contributed by atoms with van der Waals surface area (Å²) in [5.74, 6) is -0.590. The van der Waals surface area contributed by atoms with Crippen LogP contribution in [-0.2, 0) is 0 Å². The number of carbonyl (C=O) groups excluding carboxylic acids is 1. The number of hydrogen-bond acceptors (Lipinski definition) is 7. The Hall–Kier alpha value is -4.37. The third kappa shape index (κ3) is 4.68. The van der Waals surface area contributed by atoms with Crippen LogP contribution in [0.4, 0.5) is 17.1 Å². The van der Waals surface area contributed by atoms with Crippen molar-refractivity contribution >= 4 is 45.5 Å². The average molecular weight is 451 g/mol. The molecule has 0 fully saturated rings. The van der Waals surface area contributed by atoms with E-state index in [-0.39, 0.29) is 28.2 Å². The standard InChI is InChI=1S/C22H15ClN4O5/c23-14-5-7-15(8-6-14)25-26-22-19(10-13-4-9-18(28)12-20(13)32-22)21(29)24-16-2-1-3-17(11-16)27(30)31/h1-12,25,28H,(H,24,29)/b26-22+. The van der Waals surface area contributed by atoms with Crippen LogP contribution in [0.25, 0.3) is 11.0 Å². The van der Waals surface area contributed by atoms with Gasteiger partial charge in [0, 0.05) is 34.3 Å². The maximum absolute atomic E-state index is 13.0.